The van der Waals surface area contributed by atoms with Crippen molar-refractivity contribution in [3.8, 4) is 17.2 Å². The molecule has 0 atom stereocenters. The van der Waals surface area contributed by atoms with Gasteiger partial charge in [0.05, 0.1) is 33.2 Å². The van der Waals surface area contributed by atoms with Gasteiger partial charge in [0.15, 0.2) is 11.5 Å². The summed E-state index contributed by atoms with van der Waals surface area (Å²) in [5.74, 6) is 1.91. The summed E-state index contributed by atoms with van der Waals surface area (Å²) in [4.78, 5) is 16.4. The second-order valence-electron chi connectivity index (χ2n) is 6.17. The monoisotopic (exact) mass is 375 g/mol. The van der Waals surface area contributed by atoms with Gasteiger partial charge in [0.1, 0.15) is 0 Å². The van der Waals surface area contributed by atoms with Gasteiger partial charge >= 0.3 is 6.03 Å². The molecule has 0 saturated carbocycles. The minimum Gasteiger partial charge on any atom is -0.493 e. The van der Waals surface area contributed by atoms with Crippen molar-refractivity contribution < 1.29 is 19.0 Å². The summed E-state index contributed by atoms with van der Waals surface area (Å²) in [7, 11) is 4.82. The number of piperazine rings is 1. The van der Waals surface area contributed by atoms with E-state index in [1.165, 1.54) is 0 Å². The highest BCUT2D eigenvalue weighted by Crippen LogP contribution is 2.40. The number of ether oxygens (including phenoxy) is 3. The molecular weight excluding hydrogens is 350 g/mol. The van der Waals surface area contributed by atoms with Gasteiger partial charge in [-0.05, 0) is 6.07 Å². The number of H-pyrrole nitrogens is 1. The van der Waals surface area contributed by atoms with Crippen LogP contribution in [0, 0.1) is 0 Å². The Kier molecular flexibility index (Phi) is 6.02. The number of nitrogens with one attached hydrogen (secondary N) is 2. The minimum atomic E-state index is -0.111. The molecular formula is C18H25N5O4. The van der Waals surface area contributed by atoms with Gasteiger partial charge in [-0.3, -0.25) is 10.00 Å². The van der Waals surface area contributed by atoms with Gasteiger partial charge in [-0.15, -0.1) is 0 Å². The summed E-state index contributed by atoms with van der Waals surface area (Å²) in [5.41, 5.74) is 1.68. The number of methoxy groups -OCH3 is 3. The van der Waals surface area contributed by atoms with Crippen molar-refractivity contribution in [2.24, 2.45) is 0 Å². The third-order valence-electron chi connectivity index (χ3n) is 4.59. The number of anilines is 1. The lowest BCUT2D eigenvalue weighted by Crippen LogP contribution is -2.49. The summed E-state index contributed by atoms with van der Waals surface area (Å²) in [6, 6.07) is 3.75. The van der Waals surface area contributed by atoms with Crippen LogP contribution in [0.15, 0.2) is 24.5 Å². The first-order valence-corrected chi connectivity index (χ1v) is 8.71. The number of aromatic nitrogens is 2. The highest BCUT2D eigenvalue weighted by Gasteiger charge is 2.23. The highest BCUT2D eigenvalue weighted by molar-refractivity contribution is 5.89. The van der Waals surface area contributed by atoms with Gasteiger partial charge in [-0.25, -0.2) is 4.79 Å². The van der Waals surface area contributed by atoms with Crippen LogP contribution in [0.1, 0.15) is 5.56 Å². The van der Waals surface area contributed by atoms with E-state index in [1.54, 1.807) is 38.6 Å². The quantitative estimate of drug-likeness (QED) is 0.800. The number of nitrogens with zero attached hydrogens (tertiary/aromatic N) is 3. The molecule has 0 unspecified atom stereocenters. The van der Waals surface area contributed by atoms with Crippen molar-refractivity contribution in [3.05, 3.63) is 30.1 Å². The predicted molar refractivity (Wildman–Crippen MR) is 101 cm³/mol. The molecule has 3 rings (SSSR count). The number of urea groups is 1. The average Bonchev–Trinajstić information content (AvgIpc) is 3.21. The number of rotatable bonds is 6. The lowest BCUT2D eigenvalue weighted by molar-refractivity contribution is 0.142. The molecule has 27 heavy (non-hydrogen) atoms. The van der Waals surface area contributed by atoms with E-state index in [4.69, 9.17) is 14.2 Å². The Hall–Kier alpha value is -2.94. The summed E-state index contributed by atoms with van der Waals surface area (Å²) < 4.78 is 16.3. The Morgan fingerprint density at radius 2 is 1.85 bits per heavy atom. The molecule has 0 bridgehead atoms. The number of hydrogen-bond acceptors (Lipinski definition) is 6. The highest BCUT2D eigenvalue weighted by atomic mass is 16.5. The Bertz CT molecular complexity index is 757. The fourth-order valence-electron chi connectivity index (χ4n) is 3.16. The fourth-order valence-corrected chi connectivity index (χ4v) is 3.16. The Labute approximate surface area is 158 Å². The molecule has 2 heterocycles. The van der Waals surface area contributed by atoms with E-state index < -0.39 is 0 Å². The normalized spacial score (nSPS) is 14.7. The molecule has 2 N–H and O–H groups in total. The van der Waals surface area contributed by atoms with Gasteiger partial charge in [-0.1, -0.05) is 6.07 Å². The molecule has 9 nitrogen and oxygen atoms in total. The van der Waals surface area contributed by atoms with Gasteiger partial charge in [-0.2, -0.15) is 5.10 Å². The molecule has 2 amide bonds. The first-order chi connectivity index (χ1) is 13.2. The van der Waals surface area contributed by atoms with Crippen LogP contribution in [0.25, 0.3) is 0 Å². The third-order valence-corrected chi connectivity index (χ3v) is 4.59. The Morgan fingerprint density at radius 1 is 1.11 bits per heavy atom. The zero-order chi connectivity index (χ0) is 19.2. The number of hydrogen-bond donors (Lipinski definition) is 2. The van der Waals surface area contributed by atoms with E-state index >= 15 is 0 Å². The standard InChI is InChI=1S/C18H25N5O4/c1-25-15-5-4-13(16(26-2)17(15)27-3)12-22-6-8-23(9-7-22)18(24)21-14-10-19-20-11-14/h4-5,10-11H,6-9,12H2,1-3H3,(H,19,20)(H,21,24). The summed E-state index contributed by atoms with van der Waals surface area (Å²) in [6.07, 6.45) is 3.23. The largest absolute Gasteiger partial charge is 0.493 e. The molecule has 1 aromatic heterocycles. The zero-order valence-electron chi connectivity index (χ0n) is 15.8. The van der Waals surface area contributed by atoms with Crippen LogP contribution in [0.2, 0.25) is 0 Å². The minimum absolute atomic E-state index is 0.111. The smallest absolute Gasteiger partial charge is 0.322 e. The SMILES string of the molecule is COc1ccc(CN2CCN(C(=O)Nc3cn[nH]c3)CC2)c(OC)c1OC. The van der Waals surface area contributed by atoms with Gasteiger partial charge < -0.3 is 24.4 Å². The number of carbonyl (C=O) groups is 1. The Morgan fingerprint density at radius 3 is 2.44 bits per heavy atom. The molecule has 1 aliphatic heterocycles. The summed E-state index contributed by atoms with van der Waals surface area (Å²) in [6.45, 7) is 3.56. The van der Waals surface area contributed by atoms with E-state index in [1.807, 2.05) is 12.1 Å². The van der Waals surface area contributed by atoms with Crippen molar-refractivity contribution >= 4 is 11.7 Å². The second kappa shape index (κ2) is 8.63. The first kappa shape index (κ1) is 18.8. The predicted octanol–water partition coefficient (Wildman–Crippen LogP) is 1.79. The van der Waals surface area contributed by atoms with E-state index in [9.17, 15) is 4.79 Å². The summed E-state index contributed by atoms with van der Waals surface area (Å²) in [5, 5.41) is 9.33. The molecule has 1 fully saturated rings. The number of benzene rings is 1. The molecule has 1 saturated heterocycles. The number of aromatic amines is 1. The van der Waals surface area contributed by atoms with Crippen molar-refractivity contribution in [1.29, 1.82) is 0 Å². The Balaban J connectivity index is 1.60. The molecule has 1 aliphatic rings. The molecule has 0 spiro atoms. The van der Waals surface area contributed by atoms with E-state index in [0.717, 1.165) is 18.7 Å². The van der Waals surface area contributed by atoms with E-state index in [0.29, 0.717) is 42.6 Å². The van der Waals surface area contributed by atoms with Gasteiger partial charge in [0, 0.05) is 44.5 Å². The van der Waals surface area contributed by atoms with Crippen LogP contribution in [-0.2, 0) is 6.54 Å². The average molecular weight is 375 g/mol. The van der Waals surface area contributed by atoms with Gasteiger partial charge in [0.25, 0.3) is 0 Å². The van der Waals surface area contributed by atoms with Crippen LogP contribution in [0.5, 0.6) is 17.2 Å². The fraction of sp³-hybridized carbons (Fsp3) is 0.444. The molecule has 1 aromatic carbocycles. The maximum absolute atomic E-state index is 12.3. The molecule has 0 radical (unpaired) electrons. The van der Waals surface area contributed by atoms with Crippen LogP contribution in [-0.4, -0.2) is 73.5 Å². The van der Waals surface area contributed by atoms with Crippen molar-refractivity contribution in [2.75, 3.05) is 52.8 Å². The maximum atomic E-state index is 12.3. The molecule has 146 valence electrons. The van der Waals surface area contributed by atoms with E-state index in [2.05, 4.69) is 20.4 Å². The van der Waals surface area contributed by atoms with Crippen LogP contribution in [0.4, 0.5) is 10.5 Å². The molecule has 0 aliphatic carbocycles. The lowest BCUT2D eigenvalue weighted by Gasteiger charge is -2.34. The number of amides is 2. The third kappa shape index (κ3) is 4.25. The van der Waals surface area contributed by atoms with Crippen LogP contribution < -0.4 is 19.5 Å². The van der Waals surface area contributed by atoms with Crippen molar-refractivity contribution in [1.82, 2.24) is 20.0 Å². The van der Waals surface area contributed by atoms with Crippen molar-refractivity contribution in [2.45, 2.75) is 6.54 Å². The van der Waals surface area contributed by atoms with Crippen LogP contribution in [0.3, 0.4) is 0 Å². The van der Waals surface area contributed by atoms with Gasteiger partial charge in [0.2, 0.25) is 5.75 Å². The van der Waals surface area contributed by atoms with Crippen molar-refractivity contribution in [3.63, 3.8) is 0 Å². The lowest BCUT2D eigenvalue weighted by atomic mass is 10.1. The zero-order valence-corrected chi connectivity index (χ0v) is 15.8. The summed E-state index contributed by atoms with van der Waals surface area (Å²) >= 11 is 0. The second-order valence-corrected chi connectivity index (χ2v) is 6.17. The maximum Gasteiger partial charge on any atom is 0.322 e. The molecule has 9 heteroatoms. The topological polar surface area (TPSA) is 92.0 Å². The molecule has 2 aromatic rings. The first-order valence-electron chi connectivity index (χ1n) is 8.71. The van der Waals surface area contributed by atoms with Crippen LogP contribution >= 0.6 is 0 Å². The van der Waals surface area contributed by atoms with E-state index in [-0.39, 0.29) is 6.03 Å². The number of carbonyl (C=O) groups excluding carboxylic acids is 1.